The highest BCUT2D eigenvalue weighted by Crippen LogP contribution is 2.41. The van der Waals surface area contributed by atoms with E-state index in [-0.39, 0.29) is 11.1 Å². The van der Waals surface area contributed by atoms with Gasteiger partial charge in [0.05, 0.1) is 59.5 Å². The minimum atomic E-state index is -0.586. The minimum Gasteiger partial charge on any atom is -0.494 e. The van der Waals surface area contributed by atoms with Gasteiger partial charge in [0.25, 0.3) is 23.4 Å². The van der Waals surface area contributed by atoms with E-state index >= 15 is 0 Å². The number of carbonyl (C=O) groups excluding carboxylic acids is 4. The first-order valence-corrected chi connectivity index (χ1v) is 28.1. The molecule has 0 radical (unpaired) electrons. The highest BCUT2D eigenvalue weighted by atomic mass is 16.5. The molecule has 2 amide bonds. The average Bonchev–Trinajstić information content (AvgIpc) is 4.11. The third-order valence-corrected chi connectivity index (χ3v) is 16.4. The number of nitrogens with one attached hydrogen (secondary N) is 2. The lowest BCUT2D eigenvalue weighted by atomic mass is 9.86. The van der Waals surface area contributed by atoms with Gasteiger partial charge in [0, 0.05) is 38.6 Å². The summed E-state index contributed by atoms with van der Waals surface area (Å²) in [6.45, 7) is 5.46. The maximum Gasteiger partial charge on any atom is 0.295 e. The van der Waals surface area contributed by atoms with E-state index in [1.807, 2.05) is 0 Å². The summed E-state index contributed by atoms with van der Waals surface area (Å²) < 4.78 is 14.1. The molecule has 14 rings (SSSR count). The Morgan fingerprint density at radius 2 is 0.857 bits per heavy atom. The number of ether oxygens (including phenoxy) is 2. The van der Waals surface area contributed by atoms with Crippen LogP contribution in [0.15, 0.2) is 146 Å². The zero-order valence-corrected chi connectivity index (χ0v) is 46.8. The molecule has 18 nitrogen and oxygen atoms in total. The van der Waals surface area contributed by atoms with Gasteiger partial charge in [0.2, 0.25) is 0 Å². The molecule has 0 bridgehead atoms. The number of aromatic amines is 2. The lowest BCUT2D eigenvalue weighted by Crippen LogP contribution is -2.40. The number of aryl methyl sites for hydroxylation is 4. The van der Waals surface area contributed by atoms with Gasteiger partial charge in [-0.15, -0.1) is 0 Å². The normalized spacial score (nSPS) is 14.7. The Labute approximate surface area is 483 Å². The number of aromatic nitrogens is 10. The van der Waals surface area contributed by atoms with Crippen LogP contribution in [0, 0.1) is 13.8 Å². The van der Waals surface area contributed by atoms with Crippen LogP contribution in [-0.2, 0) is 22.4 Å². The maximum absolute atomic E-state index is 13.7. The molecule has 0 atom stereocenters. The minimum absolute atomic E-state index is 0.245. The van der Waals surface area contributed by atoms with Crippen molar-refractivity contribution in [3.8, 4) is 23.1 Å². The molecule has 2 fully saturated rings. The van der Waals surface area contributed by atoms with Gasteiger partial charge in [-0.1, -0.05) is 120 Å². The van der Waals surface area contributed by atoms with Gasteiger partial charge in [0.15, 0.2) is 11.6 Å². The molecule has 2 aliphatic carbocycles. The number of benzene rings is 4. The monoisotopic (exact) mass is 1110 g/mol. The van der Waals surface area contributed by atoms with Crippen molar-refractivity contribution in [2.75, 3.05) is 40.4 Å². The molecular weight excluding hydrogens is 1060 g/mol. The molecule has 0 unspecified atom stereocenters. The molecule has 0 spiro atoms. The second kappa shape index (κ2) is 22.2. The Kier molecular flexibility index (Phi) is 14.0. The summed E-state index contributed by atoms with van der Waals surface area (Å²) in [6, 6.07) is 34.1. The number of H-pyrrole nitrogens is 2. The summed E-state index contributed by atoms with van der Waals surface area (Å²) >= 11 is 0. The zero-order valence-electron chi connectivity index (χ0n) is 46.8. The lowest BCUT2D eigenvalue weighted by molar-refractivity contribution is -0.127. The number of Topliss-reactive ketones (excluding diaryl/α,β-unsaturated/α-hetero) is 2. The predicted molar refractivity (Wildman–Crippen MR) is 319 cm³/mol. The van der Waals surface area contributed by atoms with Crippen molar-refractivity contribution in [3.63, 3.8) is 0 Å². The number of piperidine rings is 2. The predicted octanol–water partition coefficient (Wildman–Crippen LogP) is 10.1. The third kappa shape index (κ3) is 9.53. The smallest absolute Gasteiger partial charge is 0.295 e. The largest absolute Gasteiger partial charge is 0.494 e. The van der Waals surface area contributed by atoms with Crippen molar-refractivity contribution < 1.29 is 28.7 Å². The van der Waals surface area contributed by atoms with Crippen LogP contribution in [0.4, 0.5) is 0 Å². The fourth-order valence-corrected chi connectivity index (χ4v) is 12.3. The quantitative estimate of drug-likeness (QED) is 0.108. The summed E-state index contributed by atoms with van der Waals surface area (Å²) in [7, 11) is 3.03. The van der Waals surface area contributed by atoms with Crippen LogP contribution >= 0.6 is 0 Å². The van der Waals surface area contributed by atoms with Crippen molar-refractivity contribution >= 4 is 68.5 Å². The standard InChI is InChI=1S/C33H30N6O3.C33H28N6O3/c2*1-20-36-19-39(37-20)32-30-29(27(42-2)18-35-32)26(17-34-30)31(40)33(41)38-15-13-23(14-16-38)28-24-9-5-3-7-21(24)11-12-22-8-4-6-10-25(22)28/h3-10,17-19,34H,11-16H2,1-2H3;3-12,17-19,34H,13-16H2,1-2H3. The molecule has 418 valence electrons. The SMILES string of the molecule is COc1cnc(-n2cnc(C)n2)c2[nH]cc(C(=O)C(=O)N3CCC(=C4c5ccccc5C=Cc5ccccc54)CC3)c12.COc1cnc(-n2cnc(C)n2)c2[nH]cc(C(=O)C(=O)N3CCC(=C4c5ccccc5CCc5ccccc54)CC3)c12. The van der Waals surface area contributed by atoms with Gasteiger partial charge in [-0.05, 0) is 108 Å². The van der Waals surface area contributed by atoms with Crippen LogP contribution in [0.25, 0.3) is 56.7 Å². The molecule has 0 saturated carbocycles. The van der Waals surface area contributed by atoms with Crippen LogP contribution < -0.4 is 9.47 Å². The molecule has 4 aliphatic rings. The highest BCUT2D eigenvalue weighted by Gasteiger charge is 2.34. The first-order valence-electron chi connectivity index (χ1n) is 28.1. The van der Waals surface area contributed by atoms with Crippen molar-refractivity contribution in [1.82, 2.24) is 59.3 Å². The number of rotatable bonds is 8. The summed E-state index contributed by atoms with van der Waals surface area (Å²) in [5.41, 5.74) is 16.8. The molecule has 2 aliphatic heterocycles. The molecule has 84 heavy (non-hydrogen) atoms. The summed E-state index contributed by atoms with van der Waals surface area (Å²) in [5.74, 6) is 0.706. The Morgan fingerprint density at radius 3 is 1.25 bits per heavy atom. The van der Waals surface area contributed by atoms with Crippen molar-refractivity contribution in [2.45, 2.75) is 52.4 Å². The van der Waals surface area contributed by atoms with E-state index in [4.69, 9.17) is 9.47 Å². The number of nitrogens with zero attached hydrogens (tertiary/aromatic N) is 10. The first kappa shape index (κ1) is 53.0. The fourth-order valence-electron chi connectivity index (χ4n) is 12.3. The van der Waals surface area contributed by atoms with Crippen molar-refractivity contribution in [2.24, 2.45) is 0 Å². The molecule has 2 saturated heterocycles. The number of fused-ring (bicyclic) bond motifs is 6. The molecule has 4 aromatic carbocycles. The Hall–Kier alpha value is -10.4. The fraction of sp³-hybridized carbons (Fsp3) is 0.212. The Morgan fingerprint density at radius 1 is 0.476 bits per heavy atom. The van der Waals surface area contributed by atoms with E-state index in [1.54, 1.807) is 48.7 Å². The Bertz CT molecular complexity index is 4110. The first-order chi connectivity index (χ1) is 41.1. The van der Waals surface area contributed by atoms with Crippen LogP contribution in [0.3, 0.4) is 0 Å². The summed E-state index contributed by atoms with van der Waals surface area (Å²) in [4.78, 5) is 81.3. The Balaban J connectivity index is 0.000000157. The van der Waals surface area contributed by atoms with Gasteiger partial charge in [-0.3, -0.25) is 19.2 Å². The lowest BCUT2D eigenvalue weighted by Gasteiger charge is -2.30. The van der Waals surface area contributed by atoms with Crippen LogP contribution in [0.5, 0.6) is 11.5 Å². The summed E-state index contributed by atoms with van der Waals surface area (Å²) in [6.07, 6.45) is 18.4. The highest BCUT2D eigenvalue weighted by molar-refractivity contribution is 6.46. The molecule has 10 aromatic rings. The molecule has 2 N–H and O–H groups in total. The van der Waals surface area contributed by atoms with Gasteiger partial charge < -0.3 is 29.2 Å². The average molecular weight is 1120 g/mol. The number of carbonyl (C=O) groups is 4. The van der Waals surface area contributed by atoms with E-state index in [0.29, 0.717) is 108 Å². The second-order valence-electron chi connectivity index (χ2n) is 21.2. The zero-order chi connectivity index (χ0) is 57.6. The van der Waals surface area contributed by atoms with Crippen LogP contribution in [0.2, 0.25) is 0 Å². The van der Waals surface area contributed by atoms with Gasteiger partial charge in [-0.25, -0.2) is 29.3 Å². The van der Waals surface area contributed by atoms with E-state index < -0.39 is 23.4 Å². The number of likely N-dealkylation sites (tertiary alicyclic amines) is 2. The van der Waals surface area contributed by atoms with Gasteiger partial charge >= 0.3 is 0 Å². The molecule has 8 heterocycles. The van der Waals surface area contributed by atoms with Crippen molar-refractivity contribution in [3.05, 3.63) is 213 Å². The van der Waals surface area contributed by atoms with E-state index in [0.717, 1.165) is 12.8 Å². The van der Waals surface area contributed by atoms with E-state index in [2.05, 4.69) is 149 Å². The van der Waals surface area contributed by atoms with Crippen LogP contribution in [-0.4, -0.2) is 123 Å². The number of ketones is 2. The number of methoxy groups -OCH3 is 2. The van der Waals surface area contributed by atoms with E-state index in [1.165, 1.54) is 103 Å². The molecular formula is C66H58N12O6. The molecule has 18 heteroatoms. The maximum atomic E-state index is 13.7. The van der Waals surface area contributed by atoms with Crippen LogP contribution in [0.1, 0.15) is 103 Å². The second-order valence-corrected chi connectivity index (χ2v) is 21.2. The number of pyridine rings is 2. The number of amides is 2. The third-order valence-electron chi connectivity index (χ3n) is 16.4. The van der Waals surface area contributed by atoms with Gasteiger partial charge in [0.1, 0.15) is 35.8 Å². The van der Waals surface area contributed by atoms with Crippen molar-refractivity contribution in [1.29, 1.82) is 0 Å². The number of hydrogen-bond donors (Lipinski definition) is 2. The van der Waals surface area contributed by atoms with E-state index in [9.17, 15) is 19.2 Å². The molecule has 6 aromatic heterocycles. The van der Waals surface area contributed by atoms with Gasteiger partial charge in [-0.2, -0.15) is 10.2 Å². The number of hydrogen-bond acceptors (Lipinski definition) is 12. The topological polar surface area (TPSA) is 212 Å². The summed E-state index contributed by atoms with van der Waals surface area (Å²) in [5, 5.41) is 9.68.